The quantitative estimate of drug-likeness (QED) is 0.867. The number of hydrogen-bond acceptors (Lipinski definition) is 5. The molecule has 126 valence electrons. The minimum atomic E-state index is -0.0684. The molecular weight excluding hydrogens is 300 g/mol. The summed E-state index contributed by atoms with van der Waals surface area (Å²) in [5.41, 5.74) is 1.25. The van der Waals surface area contributed by atoms with Crippen LogP contribution in [0.15, 0.2) is 48.9 Å². The lowest BCUT2D eigenvalue weighted by Gasteiger charge is -2.48. The first-order valence-corrected chi connectivity index (χ1v) is 8.74. The number of anilines is 1. The molecule has 5 nitrogen and oxygen atoms in total. The second-order valence-corrected chi connectivity index (χ2v) is 6.81. The highest BCUT2D eigenvalue weighted by Gasteiger charge is 2.40. The fraction of sp³-hybridized carbons (Fsp3) is 0.474. The summed E-state index contributed by atoms with van der Waals surface area (Å²) in [5, 5.41) is 0. The van der Waals surface area contributed by atoms with Crippen molar-refractivity contribution >= 4 is 5.82 Å². The summed E-state index contributed by atoms with van der Waals surface area (Å²) >= 11 is 0. The number of morpholine rings is 1. The third kappa shape index (κ3) is 3.42. The van der Waals surface area contributed by atoms with E-state index in [1.165, 1.54) is 5.56 Å². The second-order valence-electron chi connectivity index (χ2n) is 6.81. The van der Waals surface area contributed by atoms with Crippen LogP contribution in [0.1, 0.15) is 18.4 Å². The van der Waals surface area contributed by atoms with E-state index in [-0.39, 0.29) is 5.60 Å². The van der Waals surface area contributed by atoms with Crippen molar-refractivity contribution in [1.82, 2.24) is 14.9 Å². The summed E-state index contributed by atoms with van der Waals surface area (Å²) in [6.45, 7) is 5.74. The molecule has 24 heavy (non-hydrogen) atoms. The average molecular weight is 324 g/mol. The fourth-order valence-corrected chi connectivity index (χ4v) is 3.89. The Kier molecular flexibility index (Phi) is 4.45. The van der Waals surface area contributed by atoms with Gasteiger partial charge < -0.3 is 9.64 Å². The van der Waals surface area contributed by atoms with Crippen molar-refractivity contribution in [2.24, 2.45) is 0 Å². The number of pyridine rings is 2. The summed E-state index contributed by atoms with van der Waals surface area (Å²) in [5.74, 6) is 1.06. The molecule has 0 saturated carbocycles. The molecule has 2 aromatic heterocycles. The minimum Gasteiger partial charge on any atom is -0.370 e. The highest BCUT2D eigenvalue weighted by molar-refractivity contribution is 5.39. The predicted molar refractivity (Wildman–Crippen MR) is 93.9 cm³/mol. The first-order chi connectivity index (χ1) is 11.8. The molecule has 1 unspecified atom stereocenters. The van der Waals surface area contributed by atoms with E-state index in [2.05, 4.69) is 44.0 Å². The van der Waals surface area contributed by atoms with Gasteiger partial charge in [0.05, 0.1) is 12.2 Å². The third-order valence-corrected chi connectivity index (χ3v) is 5.00. The number of nitrogens with zero attached hydrogens (tertiary/aromatic N) is 4. The Morgan fingerprint density at radius 1 is 1.04 bits per heavy atom. The highest BCUT2D eigenvalue weighted by Crippen LogP contribution is 2.31. The van der Waals surface area contributed by atoms with Gasteiger partial charge >= 0.3 is 0 Å². The maximum absolute atomic E-state index is 6.30. The van der Waals surface area contributed by atoms with Crippen molar-refractivity contribution in [3.63, 3.8) is 0 Å². The molecule has 2 aliphatic heterocycles. The molecule has 0 radical (unpaired) electrons. The zero-order valence-corrected chi connectivity index (χ0v) is 14.0. The van der Waals surface area contributed by atoms with Gasteiger partial charge in [0.15, 0.2) is 0 Å². The van der Waals surface area contributed by atoms with Crippen LogP contribution < -0.4 is 4.90 Å². The number of ether oxygens (including phenoxy) is 1. The zero-order chi connectivity index (χ0) is 16.2. The van der Waals surface area contributed by atoms with Crippen molar-refractivity contribution in [3.05, 3.63) is 54.5 Å². The molecule has 2 aliphatic rings. The van der Waals surface area contributed by atoms with E-state index >= 15 is 0 Å². The van der Waals surface area contributed by atoms with Gasteiger partial charge in [-0.2, -0.15) is 0 Å². The summed E-state index contributed by atoms with van der Waals surface area (Å²) < 4.78 is 6.30. The van der Waals surface area contributed by atoms with Gasteiger partial charge in [0.25, 0.3) is 0 Å². The lowest BCUT2D eigenvalue weighted by atomic mass is 9.90. The van der Waals surface area contributed by atoms with Crippen LogP contribution in [0.2, 0.25) is 0 Å². The largest absolute Gasteiger partial charge is 0.370 e. The monoisotopic (exact) mass is 324 g/mol. The van der Waals surface area contributed by atoms with Crippen LogP contribution in [-0.4, -0.2) is 53.3 Å². The molecule has 5 heteroatoms. The number of aromatic nitrogens is 2. The molecule has 4 rings (SSSR count). The van der Waals surface area contributed by atoms with Crippen LogP contribution in [0.25, 0.3) is 0 Å². The van der Waals surface area contributed by atoms with Crippen LogP contribution in [0.4, 0.5) is 5.82 Å². The highest BCUT2D eigenvalue weighted by atomic mass is 16.5. The van der Waals surface area contributed by atoms with E-state index in [0.717, 1.165) is 58.0 Å². The van der Waals surface area contributed by atoms with Crippen LogP contribution >= 0.6 is 0 Å². The van der Waals surface area contributed by atoms with Gasteiger partial charge in [-0.05, 0) is 42.7 Å². The van der Waals surface area contributed by atoms with E-state index < -0.39 is 0 Å². The topological polar surface area (TPSA) is 41.5 Å². The summed E-state index contributed by atoms with van der Waals surface area (Å²) in [6.07, 6.45) is 7.89. The molecule has 0 bridgehead atoms. The minimum absolute atomic E-state index is 0.0684. The van der Waals surface area contributed by atoms with Gasteiger partial charge in [-0.3, -0.25) is 9.88 Å². The smallest absolute Gasteiger partial charge is 0.128 e. The van der Waals surface area contributed by atoms with Gasteiger partial charge in [0, 0.05) is 51.3 Å². The Morgan fingerprint density at radius 2 is 1.96 bits per heavy atom. The average Bonchev–Trinajstić information content (AvgIpc) is 2.63. The molecule has 0 aliphatic carbocycles. The van der Waals surface area contributed by atoms with E-state index in [9.17, 15) is 0 Å². The molecule has 1 spiro atoms. The van der Waals surface area contributed by atoms with E-state index in [4.69, 9.17) is 4.74 Å². The summed E-state index contributed by atoms with van der Waals surface area (Å²) in [7, 11) is 0. The van der Waals surface area contributed by atoms with Gasteiger partial charge in [0.2, 0.25) is 0 Å². The molecule has 0 N–H and O–H groups in total. The van der Waals surface area contributed by atoms with Crippen molar-refractivity contribution in [2.75, 3.05) is 37.7 Å². The maximum Gasteiger partial charge on any atom is 0.128 e. The van der Waals surface area contributed by atoms with E-state index in [1.54, 1.807) is 0 Å². The van der Waals surface area contributed by atoms with Gasteiger partial charge in [-0.25, -0.2) is 4.98 Å². The summed E-state index contributed by atoms with van der Waals surface area (Å²) in [4.78, 5) is 13.5. The van der Waals surface area contributed by atoms with Crippen LogP contribution in [0, 0.1) is 0 Å². The van der Waals surface area contributed by atoms with Crippen LogP contribution in [0.3, 0.4) is 0 Å². The molecule has 0 aromatic carbocycles. The van der Waals surface area contributed by atoms with Crippen LogP contribution in [-0.2, 0) is 11.3 Å². The normalized spacial score (nSPS) is 25.1. The van der Waals surface area contributed by atoms with E-state index in [0.29, 0.717) is 0 Å². The Balaban J connectivity index is 1.45. The van der Waals surface area contributed by atoms with Crippen molar-refractivity contribution in [1.29, 1.82) is 0 Å². The second kappa shape index (κ2) is 6.87. The molecule has 2 saturated heterocycles. The van der Waals surface area contributed by atoms with Crippen molar-refractivity contribution in [2.45, 2.75) is 25.0 Å². The number of hydrogen-bond donors (Lipinski definition) is 0. The van der Waals surface area contributed by atoms with E-state index in [1.807, 2.05) is 24.7 Å². The molecule has 2 aromatic rings. The lowest BCUT2D eigenvalue weighted by Crippen LogP contribution is -2.59. The Morgan fingerprint density at radius 3 is 2.79 bits per heavy atom. The zero-order valence-electron chi connectivity index (χ0n) is 14.0. The Hall–Kier alpha value is -1.98. The third-order valence-electron chi connectivity index (χ3n) is 5.00. The van der Waals surface area contributed by atoms with Gasteiger partial charge in [-0.15, -0.1) is 0 Å². The fourth-order valence-electron chi connectivity index (χ4n) is 3.89. The molecule has 2 fully saturated rings. The molecule has 0 amide bonds. The summed E-state index contributed by atoms with van der Waals surface area (Å²) in [6, 6.07) is 10.3. The molecule has 4 heterocycles. The van der Waals surface area contributed by atoms with Gasteiger partial charge in [0.1, 0.15) is 5.82 Å². The van der Waals surface area contributed by atoms with Crippen LogP contribution in [0.5, 0.6) is 0 Å². The molecular formula is C19H24N4O. The Labute approximate surface area is 143 Å². The lowest BCUT2D eigenvalue weighted by molar-refractivity contribution is -0.116. The number of piperidine rings is 1. The standard InChI is InChI=1S/C19H24N4O/c1-2-8-21-18(4-1)23-11-3-7-19(16-23)15-22(12-13-24-19)14-17-5-9-20-10-6-17/h1-2,4-6,8-10H,3,7,11-16H2. The first kappa shape index (κ1) is 15.5. The number of rotatable bonds is 3. The maximum atomic E-state index is 6.30. The first-order valence-electron chi connectivity index (χ1n) is 8.74. The predicted octanol–water partition coefficient (Wildman–Crippen LogP) is 2.35. The van der Waals surface area contributed by atoms with Gasteiger partial charge in [-0.1, -0.05) is 6.07 Å². The van der Waals surface area contributed by atoms with Crippen molar-refractivity contribution in [3.8, 4) is 0 Å². The molecule has 1 atom stereocenters. The Bertz CT molecular complexity index is 647. The van der Waals surface area contributed by atoms with Crippen molar-refractivity contribution < 1.29 is 4.74 Å². The SMILES string of the molecule is c1ccc(N2CCCC3(CN(Cc4ccncc4)CCO3)C2)nc1.